The van der Waals surface area contributed by atoms with Crippen molar-refractivity contribution in [2.45, 2.75) is 32.4 Å². The molecule has 0 N–H and O–H groups in total. The molecule has 0 saturated carbocycles. The average molecular weight is 386 g/mol. The summed E-state index contributed by atoms with van der Waals surface area (Å²) in [4.78, 5) is 4.11. The van der Waals surface area contributed by atoms with Gasteiger partial charge in [0.2, 0.25) is 0 Å². The lowest BCUT2D eigenvalue weighted by Gasteiger charge is -2.16. The molecule has 0 radical (unpaired) electrons. The summed E-state index contributed by atoms with van der Waals surface area (Å²) in [5, 5.41) is 5.29. The van der Waals surface area contributed by atoms with E-state index in [4.69, 9.17) is 16.3 Å². The first kappa shape index (κ1) is 18.8. The summed E-state index contributed by atoms with van der Waals surface area (Å²) in [6.07, 6.45) is 5.48. The Morgan fingerprint density at radius 1 is 1.00 bits per heavy atom. The number of hydrogen-bond donors (Lipinski definition) is 0. The smallest absolute Gasteiger partial charge is 0.140 e. The lowest BCUT2D eigenvalue weighted by atomic mass is 10.0. The molecule has 0 bridgehead atoms. The molecule has 2 heterocycles. The van der Waals surface area contributed by atoms with Crippen LogP contribution in [-0.4, -0.2) is 29.4 Å². The van der Waals surface area contributed by atoms with Crippen LogP contribution < -0.4 is 0 Å². The Labute approximate surface area is 160 Å². The Hall–Kier alpha value is -1.95. The molecule has 26 heavy (non-hydrogen) atoms. The highest BCUT2D eigenvalue weighted by atomic mass is 35.5. The summed E-state index contributed by atoms with van der Waals surface area (Å²) in [7, 11) is -1.10. The molecular formula is C20H24ClN3OSi. The van der Waals surface area contributed by atoms with Crippen LogP contribution in [0.15, 0.2) is 55.0 Å². The normalized spacial score (nSPS) is 11.7. The number of benzene rings is 1. The van der Waals surface area contributed by atoms with Crippen molar-refractivity contribution in [3.05, 3.63) is 60.0 Å². The van der Waals surface area contributed by atoms with Gasteiger partial charge in [0.1, 0.15) is 6.73 Å². The molecule has 2 aromatic heterocycles. The molecule has 0 fully saturated rings. The average Bonchev–Trinajstić information content (AvgIpc) is 3.03. The van der Waals surface area contributed by atoms with Gasteiger partial charge < -0.3 is 4.74 Å². The molecule has 4 nitrogen and oxygen atoms in total. The molecule has 0 amide bonds. The Morgan fingerprint density at radius 2 is 1.69 bits per heavy atom. The molecule has 3 rings (SSSR count). The molecule has 0 aliphatic rings. The predicted octanol–water partition coefficient (Wildman–Crippen LogP) is 5.58. The van der Waals surface area contributed by atoms with Crippen molar-refractivity contribution < 1.29 is 4.74 Å². The molecule has 6 heteroatoms. The monoisotopic (exact) mass is 385 g/mol. The number of halogens is 1. The Balaban J connectivity index is 1.89. The van der Waals surface area contributed by atoms with Crippen LogP contribution in [0.2, 0.25) is 30.7 Å². The van der Waals surface area contributed by atoms with E-state index in [-0.39, 0.29) is 0 Å². The standard InChI is InChI=1S/C20H24ClN3OSi/c1-26(2,3)13-12-25-15-24-20(17-4-6-18(21)7-5-17)19(14-23-24)16-8-10-22-11-9-16/h4-11,14H,12-13,15H2,1-3H3. The zero-order valence-electron chi connectivity index (χ0n) is 15.4. The first-order valence-corrected chi connectivity index (χ1v) is 12.8. The molecule has 0 saturated heterocycles. The van der Waals surface area contributed by atoms with E-state index in [0.29, 0.717) is 6.73 Å². The maximum absolute atomic E-state index is 6.06. The van der Waals surface area contributed by atoms with Crippen LogP contribution >= 0.6 is 11.6 Å². The van der Waals surface area contributed by atoms with Crippen LogP contribution in [0.3, 0.4) is 0 Å². The van der Waals surface area contributed by atoms with Crippen molar-refractivity contribution in [3.8, 4) is 22.4 Å². The van der Waals surface area contributed by atoms with Crippen LogP contribution in [0.4, 0.5) is 0 Å². The van der Waals surface area contributed by atoms with Gasteiger partial charge in [-0.3, -0.25) is 4.98 Å². The predicted molar refractivity (Wildman–Crippen MR) is 110 cm³/mol. The minimum Gasteiger partial charge on any atom is -0.360 e. The highest BCUT2D eigenvalue weighted by Crippen LogP contribution is 2.32. The second-order valence-corrected chi connectivity index (χ2v) is 13.6. The summed E-state index contributed by atoms with van der Waals surface area (Å²) < 4.78 is 7.85. The van der Waals surface area contributed by atoms with Gasteiger partial charge >= 0.3 is 0 Å². The number of hydrogen-bond acceptors (Lipinski definition) is 3. The highest BCUT2D eigenvalue weighted by Gasteiger charge is 2.16. The third kappa shape index (κ3) is 4.81. The largest absolute Gasteiger partial charge is 0.360 e. The van der Waals surface area contributed by atoms with Gasteiger partial charge in [-0.1, -0.05) is 43.4 Å². The fourth-order valence-corrected chi connectivity index (χ4v) is 3.55. The quantitative estimate of drug-likeness (QED) is 0.393. The molecule has 0 aliphatic carbocycles. The third-order valence-electron chi connectivity index (χ3n) is 4.16. The van der Waals surface area contributed by atoms with E-state index in [9.17, 15) is 0 Å². The molecule has 0 atom stereocenters. The number of pyridine rings is 1. The second-order valence-electron chi connectivity index (χ2n) is 7.50. The van der Waals surface area contributed by atoms with Gasteiger partial charge in [-0.25, -0.2) is 4.68 Å². The topological polar surface area (TPSA) is 39.9 Å². The lowest BCUT2D eigenvalue weighted by Crippen LogP contribution is -2.22. The third-order valence-corrected chi connectivity index (χ3v) is 6.11. The summed E-state index contributed by atoms with van der Waals surface area (Å²) in [5.41, 5.74) is 4.23. The van der Waals surface area contributed by atoms with Crippen molar-refractivity contribution >= 4 is 19.7 Å². The van der Waals surface area contributed by atoms with Gasteiger partial charge in [0.05, 0.1) is 11.9 Å². The molecule has 136 valence electrons. The molecule has 3 aromatic rings. The second kappa shape index (κ2) is 8.16. The van der Waals surface area contributed by atoms with E-state index >= 15 is 0 Å². The number of ether oxygens (including phenoxy) is 1. The van der Waals surface area contributed by atoms with E-state index < -0.39 is 8.07 Å². The van der Waals surface area contributed by atoms with Gasteiger partial charge in [0, 0.05) is 43.2 Å². The SMILES string of the molecule is C[Si](C)(C)CCOCn1ncc(-c2ccncc2)c1-c1ccc(Cl)cc1. The molecule has 1 aromatic carbocycles. The van der Waals surface area contributed by atoms with Gasteiger partial charge in [-0.15, -0.1) is 0 Å². The first-order chi connectivity index (χ1) is 12.4. The Bertz CT molecular complexity index is 842. The van der Waals surface area contributed by atoms with E-state index in [1.54, 1.807) is 12.4 Å². The first-order valence-electron chi connectivity index (χ1n) is 8.74. The van der Waals surface area contributed by atoms with Crippen LogP contribution in [0.1, 0.15) is 0 Å². The fraction of sp³-hybridized carbons (Fsp3) is 0.300. The Morgan fingerprint density at radius 3 is 2.35 bits per heavy atom. The van der Waals surface area contributed by atoms with Crippen LogP contribution in [-0.2, 0) is 11.5 Å². The number of nitrogens with zero attached hydrogens (tertiary/aromatic N) is 3. The van der Waals surface area contributed by atoms with E-state index in [1.807, 2.05) is 47.3 Å². The summed E-state index contributed by atoms with van der Waals surface area (Å²) in [5.74, 6) is 0. The van der Waals surface area contributed by atoms with Crippen molar-refractivity contribution in [1.82, 2.24) is 14.8 Å². The van der Waals surface area contributed by atoms with Gasteiger partial charge in [0.25, 0.3) is 0 Å². The highest BCUT2D eigenvalue weighted by molar-refractivity contribution is 6.76. The van der Waals surface area contributed by atoms with Gasteiger partial charge in [-0.05, 0) is 35.9 Å². The minimum atomic E-state index is -1.10. The summed E-state index contributed by atoms with van der Waals surface area (Å²) in [6.45, 7) is 8.26. The zero-order valence-corrected chi connectivity index (χ0v) is 17.2. The lowest BCUT2D eigenvalue weighted by molar-refractivity contribution is 0.0798. The van der Waals surface area contributed by atoms with Crippen molar-refractivity contribution in [3.63, 3.8) is 0 Å². The minimum absolute atomic E-state index is 0.438. The molecule has 0 aliphatic heterocycles. The summed E-state index contributed by atoms with van der Waals surface area (Å²) >= 11 is 6.06. The van der Waals surface area contributed by atoms with Gasteiger partial charge in [-0.2, -0.15) is 5.10 Å². The molecule has 0 unspecified atom stereocenters. The van der Waals surface area contributed by atoms with Crippen molar-refractivity contribution in [2.24, 2.45) is 0 Å². The van der Waals surface area contributed by atoms with Crippen LogP contribution in [0.5, 0.6) is 0 Å². The van der Waals surface area contributed by atoms with E-state index in [2.05, 4.69) is 29.7 Å². The number of rotatable bonds is 7. The van der Waals surface area contributed by atoms with Crippen molar-refractivity contribution in [2.75, 3.05) is 6.61 Å². The maximum Gasteiger partial charge on any atom is 0.140 e. The van der Waals surface area contributed by atoms with Crippen LogP contribution in [0.25, 0.3) is 22.4 Å². The molecular weight excluding hydrogens is 362 g/mol. The summed E-state index contributed by atoms with van der Waals surface area (Å²) in [6, 6.07) is 13.0. The fourth-order valence-electron chi connectivity index (χ4n) is 2.67. The van der Waals surface area contributed by atoms with E-state index in [1.165, 1.54) is 0 Å². The Kier molecular flexibility index (Phi) is 5.91. The van der Waals surface area contributed by atoms with Crippen molar-refractivity contribution in [1.29, 1.82) is 0 Å². The zero-order chi connectivity index (χ0) is 18.6. The van der Waals surface area contributed by atoms with Gasteiger partial charge in [0.15, 0.2) is 0 Å². The van der Waals surface area contributed by atoms with Crippen LogP contribution in [0, 0.1) is 0 Å². The number of aromatic nitrogens is 3. The van der Waals surface area contributed by atoms with E-state index in [0.717, 1.165) is 40.1 Å². The molecule has 0 spiro atoms. The maximum atomic E-state index is 6.06.